The number of ether oxygens (including phenoxy) is 2. The maximum atomic E-state index is 5.51. The van der Waals surface area contributed by atoms with Crippen LogP contribution < -0.4 is 9.47 Å². The van der Waals surface area contributed by atoms with Crippen LogP contribution in [-0.4, -0.2) is 49.2 Å². The van der Waals surface area contributed by atoms with Crippen LogP contribution in [0.5, 0.6) is 11.5 Å². The molecule has 0 aromatic heterocycles. The number of hydrogen-bond acceptors (Lipinski definition) is 4. The third-order valence-electron chi connectivity index (χ3n) is 6.16. The fraction of sp³-hybridized carbons (Fsp3) is 0.538. The molecule has 1 aliphatic rings. The van der Waals surface area contributed by atoms with Gasteiger partial charge in [-0.2, -0.15) is 0 Å². The third-order valence-corrected chi connectivity index (χ3v) is 6.16. The van der Waals surface area contributed by atoms with E-state index in [1.807, 2.05) is 6.07 Å². The SMILES string of the molecule is COc1ccc(CN2CCN(C(C)(C)C)C(c3ccccc3C(C)C)C2)cc1OC. The molecular weight excluding hydrogens is 372 g/mol. The van der Waals surface area contributed by atoms with Crippen molar-refractivity contribution in [1.29, 1.82) is 0 Å². The van der Waals surface area contributed by atoms with Crippen LogP contribution >= 0.6 is 0 Å². The summed E-state index contributed by atoms with van der Waals surface area (Å²) < 4.78 is 10.9. The first-order valence-corrected chi connectivity index (χ1v) is 11.0. The van der Waals surface area contributed by atoms with Gasteiger partial charge in [-0.05, 0) is 55.5 Å². The first kappa shape index (κ1) is 22.6. The summed E-state index contributed by atoms with van der Waals surface area (Å²) in [7, 11) is 3.38. The molecule has 0 spiro atoms. The van der Waals surface area contributed by atoms with E-state index in [-0.39, 0.29) is 5.54 Å². The van der Waals surface area contributed by atoms with Crippen LogP contribution in [0.15, 0.2) is 42.5 Å². The molecule has 1 fully saturated rings. The van der Waals surface area contributed by atoms with Gasteiger partial charge in [0.05, 0.1) is 14.2 Å². The van der Waals surface area contributed by atoms with E-state index in [0.717, 1.165) is 37.7 Å². The molecule has 4 heteroatoms. The second-order valence-corrected chi connectivity index (χ2v) is 9.59. The van der Waals surface area contributed by atoms with Crippen LogP contribution in [0.3, 0.4) is 0 Å². The summed E-state index contributed by atoms with van der Waals surface area (Å²) in [4.78, 5) is 5.25. The topological polar surface area (TPSA) is 24.9 Å². The number of piperazine rings is 1. The molecule has 2 aromatic rings. The Bertz CT molecular complexity index is 841. The summed E-state index contributed by atoms with van der Waals surface area (Å²) in [6, 6.07) is 15.6. The molecule has 164 valence electrons. The van der Waals surface area contributed by atoms with Crippen LogP contribution in [0.25, 0.3) is 0 Å². The zero-order valence-corrected chi connectivity index (χ0v) is 19.7. The van der Waals surface area contributed by atoms with Crippen molar-refractivity contribution in [1.82, 2.24) is 9.80 Å². The molecule has 0 radical (unpaired) electrons. The Morgan fingerprint density at radius 2 is 1.67 bits per heavy atom. The Morgan fingerprint density at radius 3 is 2.30 bits per heavy atom. The summed E-state index contributed by atoms with van der Waals surface area (Å²) in [6.45, 7) is 15.7. The minimum Gasteiger partial charge on any atom is -0.493 e. The van der Waals surface area contributed by atoms with Crippen LogP contribution in [-0.2, 0) is 6.54 Å². The van der Waals surface area contributed by atoms with E-state index in [2.05, 4.69) is 80.8 Å². The standard InChI is InChI=1S/C26H38N2O2/c1-19(2)21-10-8-9-11-22(21)23-18-27(14-15-28(23)26(3,4)5)17-20-12-13-24(29-6)25(16-20)30-7/h8-13,16,19,23H,14-15,17-18H2,1-7H3. The number of benzene rings is 2. The Kier molecular flexibility index (Phi) is 7.10. The molecular formula is C26H38N2O2. The van der Waals surface area contributed by atoms with Gasteiger partial charge in [0, 0.05) is 37.8 Å². The Morgan fingerprint density at radius 1 is 0.967 bits per heavy atom. The summed E-state index contributed by atoms with van der Waals surface area (Å²) in [5, 5.41) is 0. The molecule has 0 aliphatic carbocycles. The summed E-state index contributed by atoms with van der Waals surface area (Å²) in [5.74, 6) is 2.09. The van der Waals surface area contributed by atoms with Gasteiger partial charge >= 0.3 is 0 Å². The summed E-state index contributed by atoms with van der Waals surface area (Å²) >= 11 is 0. The van der Waals surface area contributed by atoms with Crippen molar-refractivity contribution in [2.45, 2.75) is 58.7 Å². The molecule has 1 atom stereocenters. The van der Waals surface area contributed by atoms with E-state index in [0.29, 0.717) is 12.0 Å². The highest BCUT2D eigenvalue weighted by Gasteiger charge is 2.36. The lowest BCUT2D eigenvalue weighted by atomic mass is 9.88. The van der Waals surface area contributed by atoms with Gasteiger partial charge in [-0.25, -0.2) is 0 Å². The van der Waals surface area contributed by atoms with Gasteiger partial charge in [-0.1, -0.05) is 44.2 Å². The van der Waals surface area contributed by atoms with Crippen LogP contribution in [0.2, 0.25) is 0 Å². The van der Waals surface area contributed by atoms with Gasteiger partial charge in [0.15, 0.2) is 11.5 Å². The quantitative estimate of drug-likeness (QED) is 0.629. The monoisotopic (exact) mass is 410 g/mol. The molecule has 0 saturated carbocycles. The molecule has 1 aliphatic heterocycles. The minimum atomic E-state index is 0.129. The normalized spacial score (nSPS) is 18.6. The molecule has 0 N–H and O–H groups in total. The summed E-state index contributed by atoms with van der Waals surface area (Å²) in [5.41, 5.74) is 4.32. The Balaban J connectivity index is 1.87. The van der Waals surface area contributed by atoms with Crippen LogP contribution in [0.4, 0.5) is 0 Å². The molecule has 0 bridgehead atoms. The van der Waals surface area contributed by atoms with Crippen LogP contribution in [0.1, 0.15) is 63.3 Å². The number of rotatable bonds is 6. The van der Waals surface area contributed by atoms with Crippen molar-refractivity contribution in [3.63, 3.8) is 0 Å². The van der Waals surface area contributed by atoms with Gasteiger partial charge < -0.3 is 9.47 Å². The lowest BCUT2D eigenvalue weighted by Crippen LogP contribution is -2.55. The largest absolute Gasteiger partial charge is 0.493 e. The molecule has 1 saturated heterocycles. The third kappa shape index (κ3) is 4.98. The van der Waals surface area contributed by atoms with E-state index in [4.69, 9.17) is 9.47 Å². The maximum absolute atomic E-state index is 5.51. The second kappa shape index (κ2) is 9.40. The van der Waals surface area contributed by atoms with Crippen LogP contribution in [0, 0.1) is 0 Å². The lowest BCUT2D eigenvalue weighted by molar-refractivity contribution is 0.00553. The van der Waals surface area contributed by atoms with Gasteiger partial charge in [0.2, 0.25) is 0 Å². The van der Waals surface area contributed by atoms with E-state index >= 15 is 0 Å². The van der Waals surface area contributed by atoms with E-state index in [1.165, 1.54) is 16.7 Å². The lowest BCUT2D eigenvalue weighted by Gasteiger charge is -2.49. The Hall–Kier alpha value is -2.04. The first-order valence-electron chi connectivity index (χ1n) is 11.0. The number of hydrogen-bond donors (Lipinski definition) is 0. The van der Waals surface area contributed by atoms with Gasteiger partial charge in [0.1, 0.15) is 0 Å². The molecule has 1 heterocycles. The highest BCUT2D eigenvalue weighted by atomic mass is 16.5. The Labute approximate surface area is 182 Å². The fourth-order valence-corrected chi connectivity index (χ4v) is 4.63. The fourth-order valence-electron chi connectivity index (χ4n) is 4.63. The molecule has 3 rings (SSSR count). The molecule has 4 nitrogen and oxygen atoms in total. The average molecular weight is 411 g/mol. The highest BCUT2D eigenvalue weighted by Crippen LogP contribution is 2.36. The maximum Gasteiger partial charge on any atom is 0.161 e. The average Bonchev–Trinajstić information content (AvgIpc) is 2.72. The second-order valence-electron chi connectivity index (χ2n) is 9.59. The van der Waals surface area contributed by atoms with Crippen molar-refractivity contribution in [2.24, 2.45) is 0 Å². The predicted octanol–water partition coefficient (Wildman–Crippen LogP) is 5.48. The van der Waals surface area contributed by atoms with Gasteiger partial charge in [0.25, 0.3) is 0 Å². The van der Waals surface area contributed by atoms with Crippen molar-refractivity contribution >= 4 is 0 Å². The highest BCUT2D eigenvalue weighted by molar-refractivity contribution is 5.43. The van der Waals surface area contributed by atoms with Crippen molar-refractivity contribution in [2.75, 3.05) is 33.9 Å². The van der Waals surface area contributed by atoms with Crippen molar-refractivity contribution in [3.8, 4) is 11.5 Å². The zero-order valence-electron chi connectivity index (χ0n) is 19.7. The van der Waals surface area contributed by atoms with Gasteiger partial charge in [-0.3, -0.25) is 9.80 Å². The van der Waals surface area contributed by atoms with Crippen molar-refractivity contribution in [3.05, 3.63) is 59.2 Å². The number of nitrogens with zero attached hydrogens (tertiary/aromatic N) is 2. The zero-order chi connectivity index (χ0) is 21.9. The summed E-state index contributed by atoms with van der Waals surface area (Å²) in [6.07, 6.45) is 0. The molecule has 30 heavy (non-hydrogen) atoms. The number of methoxy groups -OCH3 is 2. The predicted molar refractivity (Wildman–Crippen MR) is 125 cm³/mol. The van der Waals surface area contributed by atoms with Gasteiger partial charge in [-0.15, -0.1) is 0 Å². The first-order chi connectivity index (χ1) is 14.2. The minimum absolute atomic E-state index is 0.129. The molecule has 1 unspecified atom stereocenters. The van der Waals surface area contributed by atoms with E-state index in [1.54, 1.807) is 14.2 Å². The van der Waals surface area contributed by atoms with E-state index < -0.39 is 0 Å². The molecule has 2 aromatic carbocycles. The van der Waals surface area contributed by atoms with E-state index in [9.17, 15) is 0 Å². The molecule has 0 amide bonds. The smallest absolute Gasteiger partial charge is 0.161 e. The van der Waals surface area contributed by atoms with Crippen molar-refractivity contribution < 1.29 is 9.47 Å².